The molecular formula is C14H24N2. The lowest BCUT2D eigenvalue weighted by molar-refractivity contribution is 0.554. The minimum absolute atomic E-state index is 0.162. The zero-order valence-electron chi connectivity index (χ0n) is 10.6. The molecule has 1 atom stereocenters. The number of hydrogen-bond acceptors (Lipinski definition) is 2. The number of nitrogens with zero attached hydrogens (tertiary/aromatic N) is 1. The first-order valence-electron chi connectivity index (χ1n) is 6.42. The van der Waals surface area contributed by atoms with Crippen molar-refractivity contribution in [2.75, 3.05) is 0 Å². The Balaban J connectivity index is 2.24. The molecule has 0 fully saturated rings. The fourth-order valence-electron chi connectivity index (χ4n) is 1.83. The number of aromatic nitrogens is 1. The molecule has 0 saturated heterocycles. The highest BCUT2D eigenvalue weighted by Gasteiger charge is 2.05. The highest BCUT2D eigenvalue weighted by molar-refractivity contribution is 5.16. The van der Waals surface area contributed by atoms with Crippen molar-refractivity contribution in [3.05, 3.63) is 29.6 Å². The summed E-state index contributed by atoms with van der Waals surface area (Å²) >= 11 is 0. The van der Waals surface area contributed by atoms with Gasteiger partial charge in [-0.3, -0.25) is 4.98 Å². The van der Waals surface area contributed by atoms with Gasteiger partial charge >= 0.3 is 0 Å². The Hall–Kier alpha value is -0.890. The minimum Gasteiger partial charge on any atom is -0.324 e. The highest BCUT2D eigenvalue weighted by Crippen LogP contribution is 2.17. The minimum atomic E-state index is 0.162. The molecule has 0 saturated carbocycles. The average molecular weight is 220 g/mol. The molecule has 0 bridgehead atoms. The highest BCUT2D eigenvalue weighted by atomic mass is 14.7. The van der Waals surface area contributed by atoms with Crippen molar-refractivity contribution in [2.45, 2.75) is 58.4 Å². The van der Waals surface area contributed by atoms with Crippen LogP contribution in [0, 0.1) is 6.92 Å². The van der Waals surface area contributed by atoms with Gasteiger partial charge in [0.1, 0.15) is 0 Å². The Morgan fingerprint density at radius 1 is 1.19 bits per heavy atom. The van der Waals surface area contributed by atoms with Gasteiger partial charge in [0.2, 0.25) is 0 Å². The maximum atomic E-state index is 6.12. The third-order valence-corrected chi connectivity index (χ3v) is 2.98. The summed E-state index contributed by atoms with van der Waals surface area (Å²) in [5.41, 5.74) is 8.34. The third kappa shape index (κ3) is 4.75. The van der Waals surface area contributed by atoms with E-state index in [1.54, 1.807) is 0 Å². The van der Waals surface area contributed by atoms with Crippen molar-refractivity contribution >= 4 is 0 Å². The topological polar surface area (TPSA) is 38.9 Å². The first-order valence-corrected chi connectivity index (χ1v) is 6.42. The summed E-state index contributed by atoms with van der Waals surface area (Å²) in [5, 5.41) is 0. The molecule has 1 aromatic heterocycles. The molecule has 1 aromatic rings. The summed E-state index contributed by atoms with van der Waals surface area (Å²) in [7, 11) is 0. The van der Waals surface area contributed by atoms with E-state index in [9.17, 15) is 0 Å². The standard InChI is InChI=1S/C14H24N2/c1-3-4-5-6-7-8-14(15)13-10-9-12(2)16-11-13/h9-11,14H,3-8,15H2,1-2H3. The van der Waals surface area contributed by atoms with Crippen molar-refractivity contribution in [1.82, 2.24) is 4.98 Å². The maximum Gasteiger partial charge on any atom is 0.0372 e. The molecule has 0 spiro atoms. The van der Waals surface area contributed by atoms with Crippen LogP contribution in [-0.2, 0) is 0 Å². The molecule has 2 N–H and O–H groups in total. The molecule has 0 radical (unpaired) electrons. The van der Waals surface area contributed by atoms with Gasteiger partial charge in [-0.15, -0.1) is 0 Å². The van der Waals surface area contributed by atoms with Crippen LogP contribution in [0.2, 0.25) is 0 Å². The molecular weight excluding hydrogens is 196 g/mol. The molecule has 0 aromatic carbocycles. The summed E-state index contributed by atoms with van der Waals surface area (Å²) in [6, 6.07) is 4.29. The van der Waals surface area contributed by atoms with Gasteiger partial charge in [-0.2, -0.15) is 0 Å². The van der Waals surface area contributed by atoms with Crippen molar-refractivity contribution in [3.63, 3.8) is 0 Å². The smallest absolute Gasteiger partial charge is 0.0372 e. The largest absolute Gasteiger partial charge is 0.324 e. The summed E-state index contributed by atoms with van der Waals surface area (Å²) < 4.78 is 0. The predicted molar refractivity (Wildman–Crippen MR) is 69.3 cm³/mol. The number of hydrogen-bond donors (Lipinski definition) is 1. The van der Waals surface area contributed by atoms with Gasteiger partial charge in [0.15, 0.2) is 0 Å². The lowest BCUT2D eigenvalue weighted by atomic mass is 10.0. The third-order valence-electron chi connectivity index (χ3n) is 2.98. The van der Waals surface area contributed by atoms with E-state index in [1.165, 1.54) is 37.7 Å². The van der Waals surface area contributed by atoms with Crippen molar-refractivity contribution in [3.8, 4) is 0 Å². The second kappa shape index (κ2) is 7.39. The fraction of sp³-hybridized carbons (Fsp3) is 0.643. The van der Waals surface area contributed by atoms with E-state index in [0.29, 0.717) is 0 Å². The molecule has 0 aliphatic rings. The Kier molecular flexibility index (Phi) is 6.09. The molecule has 0 aliphatic heterocycles. The van der Waals surface area contributed by atoms with E-state index in [-0.39, 0.29) is 6.04 Å². The van der Waals surface area contributed by atoms with Crippen molar-refractivity contribution in [2.24, 2.45) is 5.73 Å². The first-order chi connectivity index (χ1) is 7.74. The van der Waals surface area contributed by atoms with Gasteiger partial charge < -0.3 is 5.73 Å². The van der Waals surface area contributed by atoms with E-state index in [2.05, 4.69) is 18.0 Å². The molecule has 2 nitrogen and oxygen atoms in total. The number of nitrogens with two attached hydrogens (primary N) is 1. The Morgan fingerprint density at radius 2 is 1.94 bits per heavy atom. The Morgan fingerprint density at radius 3 is 2.56 bits per heavy atom. The van der Waals surface area contributed by atoms with E-state index in [1.807, 2.05) is 19.2 Å². The van der Waals surface area contributed by atoms with Crippen LogP contribution in [0.4, 0.5) is 0 Å². The number of aryl methyl sites for hydroxylation is 1. The van der Waals surface area contributed by atoms with Crippen LogP contribution in [0.5, 0.6) is 0 Å². The SMILES string of the molecule is CCCCCCCC(N)c1ccc(C)nc1. The zero-order chi connectivity index (χ0) is 11.8. The van der Waals surface area contributed by atoms with Gasteiger partial charge in [0, 0.05) is 17.9 Å². The molecule has 90 valence electrons. The Bertz CT molecular complexity index is 279. The average Bonchev–Trinajstić information content (AvgIpc) is 2.29. The molecule has 16 heavy (non-hydrogen) atoms. The predicted octanol–water partition coefficient (Wildman–Crippen LogP) is 3.75. The summed E-state index contributed by atoms with van der Waals surface area (Å²) in [4.78, 5) is 4.28. The molecule has 1 heterocycles. The van der Waals surface area contributed by atoms with Gasteiger partial charge in [0.05, 0.1) is 0 Å². The molecule has 0 aliphatic carbocycles. The lowest BCUT2D eigenvalue weighted by Gasteiger charge is -2.11. The van der Waals surface area contributed by atoms with Gasteiger partial charge in [-0.1, -0.05) is 45.1 Å². The second-order valence-electron chi connectivity index (χ2n) is 4.54. The van der Waals surface area contributed by atoms with E-state index >= 15 is 0 Å². The summed E-state index contributed by atoms with van der Waals surface area (Å²) in [6.45, 7) is 4.24. The van der Waals surface area contributed by atoms with Gasteiger partial charge in [-0.05, 0) is 25.0 Å². The van der Waals surface area contributed by atoms with E-state index < -0.39 is 0 Å². The van der Waals surface area contributed by atoms with Crippen LogP contribution in [0.3, 0.4) is 0 Å². The first kappa shape index (κ1) is 13.2. The van der Waals surface area contributed by atoms with Gasteiger partial charge in [0.25, 0.3) is 0 Å². The molecule has 0 amide bonds. The quantitative estimate of drug-likeness (QED) is 0.711. The van der Waals surface area contributed by atoms with E-state index in [0.717, 1.165) is 12.1 Å². The Labute approximate surface area is 99.3 Å². The van der Waals surface area contributed by atoms with Gasteiger partial charge in [-0.25, -0.2) is 0 Å². The summed E-state index contributed by atoms with van der Waals surface area (Å²) in [6.07, 6.45) is 9.51. The van der Waals surface area contributed by atoms with Crippen molar-refractivity contribution in [1.29, 1.82) is 0 Å². The van der Waals surface area contributed by atoms with Crippen LogP contribution < -0.4 is 5.73 Å². The van der Waals surface area contributed by atoms with Crippen LogP contribution >= 0.6 is 0 Å². The number of pyridine rings is 1. The summed E-state index contributed by atoms with van der Waals surface area (Å²) in [5.74, 6) is 0. The van der Waals surface area contributed by atoms with E-state index in [4.69, 9.17) is 5.73 Å². The fourth-order valence-corrected chi connectivity index (χ4v) is 1.83. The normalized spacial score (nSPS) is 12.7. The van der Waals surface area contributed by atoms with Crippen LogP contribution in [0.25, 0.3) is 0 Å². The monoisotopic (exact) mass is 220 g/mol. The number of rotatable bonds is 7. The lowest BCUT2D eigenvalue weighted by Crippen LogP contribution is -2.10. The maximum absolute atomic E-state index is 6.12. The van der Waals surface area contributed by atoms with Crippen LogP contribution in [0.15, 0.2) is 18.3 Å². The van der Waals surface area contributed by atoms with Crippen LogP contribution in [0.1, 0.15) is 62.7 Å². The van der Waals surface area contributed by atoms with Crippen molar-refractivity contribution < 1.29 is 0 Å². The molecule has 1 rings (SSSR count). The second-order valence-corrected chi connectivity index (χ2v) is 4.54. The van der Waals surface area contributed by atoms with Crippen LogP contribution in [-0.4, -0.2) is 4.98 Å². The molecule has 1 unspecified atom stereocenters. The molecule has 2 heteroatoms. The number of unbranched alkanes of at least 4 members (excludes halogenated alkanes) is 4. The zero-order valence-corrected chi connectivity index (χ0v) is 10.6.